The first kappa shape index (κ1) is 17.7. The molecule has 0 unspecified atom stereocenters. The molecule has 0 aromatic heterocycles. The van der Waals surface area contributed by atoms with Crippen molar-refractivity contribution >= 4 is 17.8 Å². The van der Waals surface area contributed by atoms with E-state index in [1.165, 1.54) is 4.90 Å². The van der Waals surface area contributed by atoms with Crippen molar-refractivity contribution in [2.75, 3.05) is 13.1 Å². The maximum absolute atomic E-state index is 12.2. The Hall–Kier alpha value is -3.15. The number of amides is 4. The molecule has 0 radical (unpaired) electrons. The topological polar surface area (TPSA) is 78.5 Å². The number of nitrogens with one attached hydrogen (secondary N) is 2. The van der Waals surface area contributed by atoms with Crippen LogP contribution in [0.3, 0.4) is 0 Å². The summed E-state index contributed by atoms with van der Waals surface area (Å²) in [5.74, 6) is -0.538. The predicted molar refractivity (Wildman–Crippen MR) is 97.8 cm³/mol. The van der Waals surface area contributed by atoms with Crippen LogP contribution in [0.15, 0.2) is 48.5 Å². The molecule has 0 saturated heterocycles. The van der Waals surface area contributed by atoms with Gasteiger partial charge in [0.25, 0.3) is 11.8 Å². The fourth-order valence-electron chi connectivity index (χ4n) is 2.93. The molecule has 3 rings (SSSR count). The minimum atomic E-state index is -0.269. The quantitative estimate of drug-likeness (QED) is 0.620. The molecule has 6 heteroatoms. The molecule has 0 fully saturated rings. The van der Waals surface area contributed by atoms with Crippen LogP contribution in [0.2, 0.25) is 0 Å². The van der Waals surface area contributed by atoms with Crippen LogP contribution in [0, 0.1) is 6.92 Å². The highest BCUT2D eigenvalue weighted by molar-refractivity contribution is 6.21. The molecule has 0 atom stereocenters. The van der Waals surface area contributed by atoms with E-state index < -0.39 is 0 Å². The van der Waals surface area contributed by atoms with Gasteiger partial charge in [-0.15, -0.1) is 0 Å². The lowest BCUT2D eigenvalue weighted by Crippen LogP contribution is -2.38. The van der Waals surface area contributed by atoms with Gasteiger partial charge >= 0.3 is 6.03 Å². The lowest BCUT2D eigenvalue weighted by Gasteiger charge is -2.14. The molecule has 134 valence electrons. The summed E-state index contributed by atoms with van der Waals surface area (Å²) in [5, 5.41) is 5.55. The van der Waals surface area contributed by atoms with E-state index in [1.54, 1.807) is 24.3 Å². The van der Waals surface area contributed by atoms with Gasteiger partial charge in [-0.3, -0.25) is 14.5 Å². The highest BCUT2D eigenvalue weighted by Gasteiger charge is 2.34. The first-order valence-corrected chi connectivity index (χ1v) is 8.59. The highest BCUT2D eigenvalue weighted by Crippen LogP contribution is 2.22. The largest absolute Gasteiger partial charge is 0.338 e. The van der Waals surface area contributed by atoms with Gasteiger partial charge in [0.05, 0.1) is 11.1 Å². The van der Waals surface area contributed by atoms with Gasteiger partial charge in [0.15, 0.2) is 0 Å². The average Bonchev–Trinajstić information content (AvgIpc) is 2.89. The third-order valence-corrected chi connectivity index (χ3v) is 4.42. The summed E-state index contributed by atoms with van der Waals surface area (Å²) in [5.41, 5.74) is 3.08. The van der Waals surface area contributed by atoms with Gasteiger partial charge < -0.3 is 10.6 Å². The number of aryl methyl sites for hydroxylation is 1. The van der Waals surface area contributed by atoms with Gasteiger partial charge in [0.1, 0.15) is 0 Å². The molecular weight excluding hydrogens is 330 g/mol. The van der Waals surface area contributed by atoms with Crippen molar-refractivity contribution < 1.29 is 14.4 Å². The molecule has 0 aliphatic carbocycles. The third kappa shape index (κ3) is 3.74. The summed E-state index contributed by atoms with van der Waals surface area (Å²) in [6, 6.07) is 14.4. The zero-order valence-electron chi connectivity index (χ0n) is 14.6. The van der Waals surface area contributed by atoms with Gasteiger partial charge in [0.2, 0.25) is 0 Å². The Balaban J connectivity index is 1.41. The van der Waals surface area contributed by atoms with Crippen molar-refractivity contribution in [3.8, 4) is 0 Å². The van der Waals surface area contributed by atoms with E-state index in [2.05, 4.69) is 10.6 Å². The number of hydrogen-bond acceptors (Lipinski definition) is 3. The average molecular weight is 351 g/mol. The van der Waals surface area contributed by atoms with Crippen molar-refractivity contribution in [2.45, 2.75) is 19.9 Å². The summed E-state index contributed by atoms with van der Waals surface area (Å²) in [6.07, 6.45) is 0.503. The molecule has 4 amide bonds. The number of carbonyl (C=O) groups excluding carboxylic acids is 3. The Morgan fingerprint density at radius 1 is 0.923 bits per heavy atom. The maximum atomic E-state index is 12.2. The lowest BCUT2D eigenvalue weighted by molar-refractivity contribution is 0.0653. The first-order valence-electron chi connectivity index (χ1n) is 8.59. The predicted octanol–water partition coefficient (Wildman–Crippen LogP) is 2.48. The van der Waals surface area contributed by atoms with Crippen molar-refractivity contribution in [3.63, 3.8) is 0 Å². The van der Waals surface area contributed by atoms with E-state index >= 15 is 0 Å². The van der Waals surface area contributed by atoms with Crippen molar-refractivity contribution in [1.29, 1.82) is 0 Å². The van der Waals surface area contributed by atoms with Crippen LogP contribution in [-0.2, 0) is 6.54 Å². The Labute approximate surface area is 152 Å². The minimum Gasteiger partial charge on any atom is -0.338 e. The smallest absolute Gasteiger partial charge is 0.315 e. The monoisotopic (exact) mass is 351 g/mol. The molecule has 0 spiro atoms. The maximum Gasteiger partial charge on any atom is 0.315 e. The van der Waals surface area contributed by atoms with E-state index in [4.69, 9.17) is 0 Å². The van der Waals surface area contributed by atoms with Crippen LogP contribution < -0.4 is 10.6 Å². The highest BCUT2D eigenvalue weighted by atomic mass is 16.2. The Morgan fingerprint density at radius 2 is 1.54 bits per heavy atom. The van der Waals surface area contributed by atoms with Gasteiger partial charge in [-0.05, 0) is 36.6 Å². The van der Waals surface area contributed by atoms with E-state index in [9.17, 15) is 14.4 Å². The number of benzene rings is 2. The minimum absolute atomic E-state index is 0.268. The number of rotatable bonds is 6. The molecule has 0 bridgehead atoms. The van der Waals surface area contributed by atoms with Gasteiger partial charge in [0, 0.05) is 19.6 Å². The molecule has 2 aromatic rings. The Bertz CT molecular complexity index is 813. The fraction of sp³-hybridized carbons (Fsp3) is 0.250. The molecular formula is C20H21N3O3. The normalized spacial score (nSPS) is 12.9. The van der Waals surface area contributed by atoms with Crippen molar-refractivity contribution in [1.82, 2.24) is 15.5 Å². The molecule has 2 N–H and O–H groups in total. The number of carbonyl (C=O) groups is 3. The summed E-state index contributed by atoms with van der Waals surface area (Å²) < 4.78 is 0. The lowest BCUT2D eigenvalue weighted by atomic mass is 10.1. The summed E-state index contributed by atoms with van der Waals surface area (Å²) in [7, 11) is 0. The Kier molecular flexibility index (Phi) is 5.31. The van der Waals surface area contributed by atoms with Crippen LogP contribution in [0.4, 0.5) is 4.79 Å². The van der Waals surface area contributed by atoms with Crippen LogP contribution >= 0.6 is 0 Å². The van der Waals surface area contributed by atoms with Gasteiger partial charge in [-0.25, -0.2) is 4.79 Å². The van der Waals surface area contributed by atoms with E-state index in [0.29, 0.717) is 30.6 Å². The number of fused-ring (bicyclic) bond motifs is 1. The molecule has 0 saturated carbocycles. The number of urea groups is 1. The van der Waals surface area contributed by atoms with Crippen LogP contribution in [0.1, 0.15) is 38.3 Å². The number of nitrogens with zero attached hydrogens (tertiary/aromatic N) is 1. The van der Waals surface area contributed by atoms with Crippen LogP contribution in [0.25, 0.3) is 0 Å². The summed E-state index contributed by atoms with van der Waals surface area (Å²) in [6.45, 7) is 3.12. The first-order chi connectivity index (χ1) is 12.6. The SMILES string of the molecule is Cc1ccccc1CNC(=O)NCCCN1C(=O)c2ccccc2C1=O. The molecule has 6 nitrogen and oxygen atoms in total. The van der Waals surface area contributed by atoms with E-state index in [1.807, 2.05) is 31.2 Å². The molecule has 1 heterocycles. The summed E-state index contributed by atoms with van der Waals surface area (Å²) >= 11 is 0. The third-order valence-electron chi connectivity index (χ3n) is 4.42. The van der Waals surface area contributed by atoms with Gasteiger partial charge in [-0.2, -0.15) is 0 Å². The fourth-order valence-corrected chi connectivity index (χ4v) is 2.93. The van der Waals surface area contributed by atoms with E-state index in [0.717, 1.165) is 11.1 Å². The second-order valence-electron chi connectivity index (χ2n) is 6.20. The van der Waals surface area contributed by atoms with Crippen LogP contribution in [0.5, 0.6) is 0 Å². The van der Waals surface area contributed by atoms with Gasteiger partial charge in [-0.1, -0.05) is 36.4 Å². The van der Waals surface area contributed by atoms with Crippen LogP contribution in [-0.4, -0.2) is 35.8 Å². The van der Waals surface area contributed by atoms with Crippen molar-refractivity contribution in [2.24, 2.45) is 0 Å². The van der Waals surface area contributed by atoms with E-state index in [-0.39, 0.29) is 24.4 Å². The second kappa shape index (κ2) is 7.82. The second-order valence-corrected chi connectivity index (χ2v) is 6.20. The number of hydrogen-bond donors (Lipinski definition) is 2. The molecule has 1 aliphatic heterocycles. The molecule has 26 heavy (non-hydrogen) atoms. The summed E-state index contributed by atoms with van der Waals surface area (Å²) in [4.78, 5) is 37.6. The molecule has 1 aliphatic rings. The van der Waals surface area contributed by atoms with Crippen molar-refractivity contribution in [3.05, 3.63) is 70.8 Å². The zero-order valence-corrected chi connectivity index (χ0v) is 14.6. The number of imide groups is 1. The standard InChI is InChI=1S/C20H21N3O3/c1-14-7-2-3-8-15(14)13-22-20(26)21-11-6-12-23-18(24)16-9-4-5-10-17(16)19(23)25/h2-5,7-10H,6,11-13H2,1H3,(H2,21,22,26). The zero-order chi connectivity index (χ0) is 18.5. The Morgan fingerprint density at radius 3 is 2.19 bits per heavy atom. The molecule has 2 aromatic carbocycles.